The molecule has 8 nitrogen and oxygen atoms in total. The van der Waals surface area contributed by atoms with Crippen LogP contribution < -0.4 is 5.32 Å². The number of piperazine rings is 1. The Balaban J connectivity index is 1.80. The lowest BCUT2D eigenvalue weighted by Gasteiger charge is -2.46. The van der Waals surface area contributed by atoms with Crippen molar-refractivity contribution in [1.82, 2.24) is 14.5 Å². The number of carbonyl (C=O) groups is 2. The fourth-order valence-corrected chi connectivity index (χ4v) is 4.41. The van der Waals surface area contributed by atoms with Gasteiger partial charge in [-0.3, -0.25) is 9.59 Å². The summed E-state index contributed by atoms with van der Waals surface area (Å²) < 4.78 is 30.6. The number of hydrogen-bond donors (Lipinski definition) is 1. The summed E-state index contributed by atoms with van der Waals surface area (Å²) in [5, 5.41) is 3.41. The van der Waals surface area contributed by atoms with Crippen LogP contribution in [0.5, 0.6) is 0 Å². The molecule has 10 heteroatoms. The van der Waals surface area contributed by atoms with Crippen molar-refractivity contribution in [3.8, 4) is 0 Å². The number of halogens is 1. The molecule has 1 aromatic heterocycles. The first-order valence-electron chi connectivity index (χ1n) is 9.40. The molecule has 2 amide bonds. The summed E-state index contributed by atoms with van der Waals surface area (Å²) >= 11 is 5.89. The fourth-order valence-electron chi connectivity index (χ4n) is 3.45. The summed E-state index contributed by atoms with van der Waals surface area (Å²) in [6.45, 7) is 1.63. The van der Waals surface area contributed by atoms with E-state index in [-0.39, 0.29) is 26.2 Å². The van der Waals surface area contributed by atoms with Crippen LogP contribution >= 0.6 is 11.6 Å². The lowest BCUT2D eigenvalue weighted by atomic mass is 9.95. The summed E-state index contributed by atoms with van der Waals surface area (Å²) in [4.78, 5) is 27.5. The van der Waals surface area contributed by atoms with Crippen LogP contribution in [0.2, 0.25) is 5.02 Å². The maximum Gasteiger partial charge on any atom is 0.247 e. The van der Waals surface area contributed by atoms with Gasteiger partial charge in [0.2, 0.25) is 21.8 Å². The molecule has 0 radical (unpaired) electrons. The topological polar surface area (TPSA) is 99.9 Å². The first-order chi connectivity index (χ1) is 14.1. The third-order valence-electron chi connectivity index (χ3n) is 5.18. The van der Waals surface area contributed by atoms with Gasteiger partial charge in [-0.2, -0.15) is 4.31 Å². The smallest absolute Gasteiger partial charge is 0.247 e. The van der Waals surface area contributed by atoms with E-state index in [1.807, 2.05) is 0 Å². The number of sulfonamides is 1. The Morgan fingerprint density at radius 2 is 1.97 bits per heavy atom. The van der Waals surface area contributed by atoms with Crippen LogP contribution in [-0.2, 0) is 32.6 Å². The van der Waals surface area contributed by atoms with Gasteiger partial charge < -0.3 is 14.6 Å². The SMILES string of the molecule is C[C@]1(C(=O)NCc2ccc(Cl)cc2)CN(S(C)(=O)=O)CC(=O)N1CCc1ccco1. The number of amides is 2. The molecule has 162 valence electrons. The number of nitrogens with zero attached hydrogens (tertiary/aromatic N) is 2. The van der Waals surface area contributed by atoms with E-state index in [4.69, 9.17) is 16.0 Å². The number of hydrogen-bond acceptors (Lipinski definition) is 5. The van der Waals surface area contributed by atoms with Crippen molar-refractivity contribution in [1.29, 1.82) is 0 Å². The third kappa shape index (κ3) is 5.03. The van der Waals surface area contributed by atoms with Crippen LogP contribution in [0, 0.1) is 0 Å². The van der Waals surface area contributed by atoms with Gasteiger partial charge in [0, 0.05) is 31.1 Å². The number of nitrogens with one attached hydrogen (secondary N) is 1. The predicted molar refractivity (Wildman–Crippen MR) is 112 cm³/mol. The molecule has 30 heavy (non-hydrogen) atoms. The zero-order valence-corrected chi connectivity index (χ0v) is 18.4. The maximum absolute atomic E-state index is 13.2. The Morgan fingerprint density at radius 3 is 2.57 bits per heavy atom. The molecular formula is C20H24ClN3O5S. The van der Waals surface area contributed by atoms with Crippen LogP contribution in [0.15, 0.2) is 47.1 Å². The van der Waals surface area contributed by atoms with Gasteiger partial charge in [-0.1, -0.05) is 23.7 Å². The van der Waals surface area contributed by atoms with E-state index in [1.165, 1.54) is 11.2 Å². The highest BCUT2D eigenvalue weighted by atomic mass is 35.5. The van der Waals surface area contributed by atoms with E-state index in [0.717, 1.165) is 16.1 Å². The highest BCUT2D eigenvalue weighted by Gasteiger charge is 2.49. The number of furan rings is 1. The van der Waals surface area contributed by atoms with E-state index in [1.54, 1.807) is 43.3 Å². The molecule has 0 aliphatic carbocycles. The van der Waals surface area contributed by atoms with Crippen LogP contribution in [0.4, 0.5) is 0 Å². The number of benzene rings is 1. The summed E-state index contributed by atoms with van der Waals surface area (Å²) in [7, 11) is -3.64. The van der Waals surface area contributed by atoms with E-state index in [9.17, 15) is 18.0 Å². The Labute approximate surface area is 180 Å². The molecule has 0 bridgehead atoms. The van der Waals surface area contributed by atoms with Crippen molar-refractivity contribution in [2.24, 2.45) is 0 Å². The minimum Gasteiger partial charge on any atom is -0.469 e. The van der Waals surface area contributed by atoms with Crippen molar-refractivity contribution in [3.63, 3.8) is 0 Å². The third-order valence-corrected chi connectivity index (χ3v) is 6.63. The molecule has 1 N–H and O–H groups in total. The maximum atomic E-state index is 13.2. The molecule has 1 aliphatic heterocycles. The van der Waals surface area contributed by atoms with E-state index >= 15 is 0 Å². The molecule has 3 rings (SSSR count). The zero-order chi connectivity index (χ0) is 21.9. The van der Waals surface area contributed by atoms with Crippen molar-refractivity contribution in [2.45, 2.75) is 25.4 Å². The molecule has 2 heterocycles. The molecule has 1 atom stereocenters. The monoisotopic (exact) mass is 453 g/mol. The Hall–Kier alpha value is -2.36. The predicted octanol–water partition coefficient (Wildman–Crippen LogP) is 1.65. The molecule has 2 aromatic rings. The lowest BCUT2D eigenvalue weighted by molar-refractivity contribution is -0.152. The van der Waals surface area contributed by atoms with Crippen LogP contribution in [0.3, 0.4) is 0 Å². The largest absolute Gasteiger partial charge is 0.469 e. The van der Waals surface area contributed by atoms with Crippen LogP contribution in [-0.4, -0.2) is 60.9 Å². The molecule has 0 spiro atoms. The van der Waals surface area contributed by atoms with E-state index in [2.05, 4.69) is 5.32 Å². The Kier molecular flexibility index (Phi) is 6.54. The van der Waals surface area contributed by atoms with Crippen molar-refractivity contribution >= 4 is 33.4 Å². The van der Waals surface area contributed by atoms with Crippen LogP contribution in [0.1, 0.15) is 18.2 Å². The lowest BCUT2D eigenvalue weighted by Crippen LogP contribution is -2.69. The zero-order valence-electron chi connectivity index (χ0n) is 16.8. The van der Waals surface area contributed by atoms with E-state index < -0.39 is 27.4 Å². The van der Waals surface area contributed by atoms with Crippen molar-refractivity contribution in [3.05, 3.63) is 59.0 Å². The molecule has 0 saturated carbocycles. The summed E-state index contributed by atoms with van der Waals surface area (Å²) in [5.41, 5.74) is -0.530. The molecule has 0 unspecified atom stereocenters. The van der Waals surface area contributed by atoms with Gasteiger partial charge in [-0.05, 0) is 36.8 Å². The molecule has 1 fully saturated rings. The second-order valence-electron chi connectivity index (χ2n) is 7.49. The van der Waals surface area contributed by atoms with Gasteiger partial charge in [0.05, 0.1) is 19.1 Å². The second kappa shape index (κ2) is 8.79. The van der Waals surface area contributed by atoms with Gasteiger partial charge in [-0.15, -0.1) is 0 Å². The highest BCUT2D eigenvalue weighted by Crippen LogP contribution is 2.25. The van der Waals surface area contributed by atoms with Crippen molar-refractivity contribution in [2.75, 3.05) is 25.9 Å². The first kappa shape index (κ1) is 22.3. The van der Waals surface area contributed by atoms with Gasteiger partial charge in [-0.25, -0.2) is 8.42 Å². The highest BCUT2D eigenvalue weighted by molar-refractivity contribution is 7.88. The Morgan fingerprint density at radius 1 is 1.27 bits per heavy atom. The summed E-state index contributed by atoms with van der Waals surface area (Å²) in [6.07, 6.45) is 2.99. The van der Waals surface area contributed by atoms with Gasteiger partial charge in [0.25, 0.3) is 0 Å². The second-order valence-corrected chi connectivity index (χ2v) is 9.91. The minimum absolute atomic E-state index is 0.123. The quantitative estimate of drug-likeness (QED) is 0.687. The summed E-state index contributed by atoms with van der Waals surface area (Å²) in [6, 6.07) is 10.5. The average molecular weight is 454 g/mol. The van der Waals surface area contributed by atoms with Crippen LogP contribution in [0.25, 0.3) is 0 Å². The molecule has 1 saturated heterocycles. The van der Waals surface area contributed by atoms with Gasteiger partial charge in [0.15, 0.2) is 0 Å². The van der Waals surface area contributed by atoms with Gasteiger partial charge in [0.1, 0.15) is 11.3 Å². The first-order valence-corrected chi connectivity index (χ1v) is 11.6. The normalized spacial score (nSPS) is 20.4. The van der Waals surface area contributed by atoms with Gasteiger partial charge >= 0.3 is 0 Å². The molecule has 1 aromatic carbocycles. The number of carbonyl (C=O) groups excluding carboxylic acids is 2. The summed E-state index contributed by atoms with van der Waals surface area (Å²) in [5.74, 6) is -0.182. The molecular weight excluding hydrogens is 430 g/mol. The van der Waals surface area contributed by atoms with Crippen molar-refractivity contribution < 1.29 is 22.4 Å². The van der Waals surface area contributed by atoms with E-state index in [0.29, 0.717) is 17.2 Å². The molecule has 1 aliphatic rings. The minimum atomic E-state index is -3.64. The Bertz CT molecular complexity index is 1010. The average Bonchev–Trinajstić information content (AvgIpc) is 3.19. The fraction of sp³-hybridized carbons (Fsp3) is 0.400. The standard InChI is InChI=1S/C20H24ClN3O5S/c1-20(19(26)22-12-15-5-7-16(21)8-6-15)14-23(30(2,27)28)13-18(25)24(20)10-9-17-4-3-11-29-17/h3-8,11H,9-10,12-14H2,1-2H3,(H,22,26)/t20-/m1/s1. The number of rotatable bonds is 7.